The van der Waals surface area contributed by atoms with Gasteiger partial charge in [-0.15, -0.1) is 0 Å². The van der Waals surface area contributed by atoms with E-state index in [1.807, 2.05) is 6.07 Å². The third-order valence-corrected chi connectivity index (χ3v) is 2.27. The number of hydrogen-bond acceptors (Lipinski definition) is 3. The van der Waals surface area contributed by atoms with Crippen molar-refractivity contribution in [2.75, 3.05) is 6.61 Å². The average Bonchev–Trinajstić information content (AvgIpc) is 2.17. The molecule has 1 atom stereocenters. The number of nitrogens with one attached hydrogen (secondary N) is 1. The van der Waals surface area contributed by atoms with Crippen LogP contribution in [-0.2, 0) is 4.74 Å². The van der Waals surface area contributed by atoms with Gasteiger partial charge in [0, 0.05) is 11.3 Å². The van der Waals surface area contributed by atoms with Gasteiger partial charge in [0.2, 0.25) is 0 Å². The minimum absolute atomic E-state index is 0.425. The molecule has 0 aliphatic carbocycles. The first-order valence-electron chi connectivity index (χ1n) is 3.85. The third-order valence-electron chi connectivity index (χ3n) is 1.93. The van der Waals surface area contributed by atoms with Crippen LogP contribution in [0.1, 0.15) is 0 Å². The van der Waals surface area contributed by atoms with Crippen LogP contribution in [0.25, 0.3) is 0 Å². The second-order valence-electron chi connectivity index (χ2n) is 2.77. The van der Waals surface area contributed by atoms with E-state index in [1.54, 1.807) is 18.4 Å². The van der Waals surface area contributed by atoms with Crippen molar-refractivity contribution < 1.29 is 4.74 Å². The van der Waals surface area contributed by atoms with Crippen LogP contribution in [0.5, 0.6) is 0 Å². The van der Waals surface area contributed by atoms with E-state index in [9.17, 15) is 0 Å². The van der Waals surface area contributed by atoms with Gasteiger partial charge < -0.3 is 10.1 Å². The molecule has 0 saturated carbocycles. The maximum Gasteiger partial charge on any atom is 0.137 e. The Kier molecular flexibility index (Phi) is 1.99. The zero-order valence-electron chi connectivity index (χ0n) is 6.75. The van der Waals surface area contributed by atoms with Crippen molar-refractivity contribution in [3.8, 4) is 6.07 Å². The number of halogens is 1. The van der Waals surface area contributed by atoms with E-state index in [1.165, 1.54) is 0 Å². The lowest BCUT2D eigenvalue weighted by Crippen LogP contribution is -2.30. The van der Waals surface area contributed by atoms with E-state index in [-0.39, 0.29) is 0 Å². The summed E-state index contributed by atoms with van der Waals surface area (Å²) in [6.45, 7) is 0.494. The van der Waals surface area contributed by atoms with E-state index in [2.05, 4.69) is 5.32 Å². The maximum atomic E-state index is 8.73. The normalized spacial score (nSPS) is 25.2. The van der Waals surface area contributed by atoms with Crippen molar-refractivity contribution in [3.05, 3.63) is 35.3 Å². The van der Waals surface area contributed by atoms with Crippen molar-refractivity contribution in [2.45, 2.75) is 5.50 Å². The molecule has 1 unspecified atom stereocenters. The summed E-state index contributed by atoms with van der Waals surface area (Å²) >= 11 is 5.89. The monoisotopic (exact) mass is 194 g/mol. The minimum Gasteiger partial charge on any atom is -0.496 e. The van der Waals surface area contributed by atoms with Crippen molar-refractivity contribution in [2.24, 2.45) is 0 Å². The molecule has 3 nitrogen and oxygen atoms in total. The van der Waals surface area contributed by atoms with Crippen LogP contribution < -0.4 is 5.32 Å². The van der Waals surface area contributed by atoms with Crippen LogP contribution in [0.15, 0.2) is 35.3 Å². The van der Waals surface area contributed by atoms with E-state index < -0.39 is 5.50 Å². The molecule has 1 N–H and O–H groups in total. The Labute approximate surface area is 80.9 Å². The van der Waals surface area contributed by atoms with E-state index in [0.29, 0.717) is 12.2 Å². The lowest BCUT2D eigenvalue weighted by atomic mass is 10.1. The predicted octanol–water partition coefficient (Wildman–Crippen LogP) is 1.40. The molecule has 2 aliphatic heterocycles. The Hall–Kier alpha value is -1.40. The molecule has 2 aliphatic rings. The second kappa shape index (κ2) is 3.15. The minimum atomic E-state index is -0.425. The Bertz CT molecular complexity index is 362. The van der Waals surface area contributed by atoms with Gasteiger partial charge in [0.1, 0.15) is 12.1 Å². The Morgan fingerprint density at radius 1 is 1.69 bits per heavy atom. The molecule has 0 spiro atoms. The number of nitriles is 1. The molecule has 0 fully saturated rings. The molecule has 0 saturated heterocycles. The number of alkyl halides is 1. The summed E-state index contributed by atoms with van der Waals surface area (Å²) < 4.78 is 5.09. The summed E-state index contributed by atoms with van der Waals surface area (Å²) in [5.41, 5.74) is 2.01. The molecule has 0 radical (unpaired) electrons. The van der Waals surface area contributed by atoms with E-state index in [4.69, 9.17) is 21.6 Å². The molecular weight excluding hydrogens is 188 g/mol. The molecule has 0 bridgehead atoms. The third kappa shape index (κ3) is 1.41. The topological polar surface area (TPSA) is 45.0 Å². The standard InChI is InChI=1S/C9H7ClN2O/c10-9-6(4-11)3-7-5-13-2-1-8(7)12-9/h1-3,9,12H,5H2. The van der Waals surface area contributed by atoms with E-state index in [0.717, 1.165) is 11.3 Å². The van der Waals surface area contributed by atoms with Crippen molar-refractivity contribution >= 4 is 11.6 Å². The Balaban J connectivity index is 2.37. The van der Waals surface area contributed by atoms with Gasteiger partial charge in [-0.2, -0.15) is 5.26 Å². The molecule has 2 rings (SSSR count). The van der Waals surface area contributed by atoms with Crippen molar-refractivity contribution in [1.29, 1.82) is 5.26 Å². The number of ether oxygens (including phenoxy) is 1. The van der Waals surface area contributed by atoms with Crippen LogP contribution >= 0.6 is 11.6 Å². The fraction of sp³-hybridized carbons (Fsp3) is 0.222. The first-order chi connectivity index (χ1) is 6.31. The average molecular weight is 195 g/mol. The molecule has 0 aromatic carbocycles. The number of dihydropyridines is 1. The zero-order valence-corrected chi connectivity index (χ0v) is 7.51. The smallest absolute Gasteiger partial charge is 0.137 e. The highest BCUT2D eigenvalue weighted by molar-refractivity contribution is 6.22. The summed E-state index contributed by atoms with van der Waals surface area (Å²) in [7, 11) is 0. The number of rotatable bonds is 0. The lowest BCUT2D eigenvalue weighted by molar-refractivity contribution is 0.275. The van der Waals surface area contributed by atoms with Crippen molar-refractivity contribution in [3.63, 3.8) is 0 Å². The van der Waals surface area contributed by atoms with E-state index >= 15 is 0 Å². The molecule has 66 valence electrons. The maximum absolute atomic E-state index is 8.73. The summed E-state index contributed by atoms with van der Waals surface area (Å²) in [5.74, 6) is 0. The largest absolute Gasteiger partial charge is 0.496 e. The van der Waals surface area contributed by atoms with Crippen molar-refractivity contribution in [1.82, 2.24) is 5.32 Å². The molecule has 0 aromatic heterocycles. The Morgan fingerprint density at radius 3 is 3.31 bits per heavy atom. The number of nitrogens with zero attached hydrogens (tertiary/aromatic N) is 1. The van der Waals surface area contributed by atoms with Gasteiger partial charge in [-0.1, -0.05) is 11.6 Å². The van der Waals surface area contributed by atoms with Crippen LogP contribution in [0, 0.1) is 11.3 Å². The lowest BCUT2D eigenvalue weighted by Gasteiger charge is -2.23. The highest BCUT2D eigenvalue weighted by Gasteiger charge is 2.20. The summed E-state index contributed by atoms with van der Waals surface area (Å²) in [4.78, 5) is 0. The highest BCUT2D eigenvalue weighted by Crippen LogP contribution is 2.22. The quantitative estimate of drug-likeness (QED) is 0.468. The summed E-state index contributed by atoms with van der Waals surface area (Å²) in [6, 6.07) is 2.04. The molecular formula is C9H7ClN2O. The van der Waals surface area contributed by atoms with Gasteiger partial charge in [0.25, 0.3) is 0 Å². The first kappa shape index (κ1) is 8.21. The zero-order chi connectivity index (χ0) is 9.26. The van der Waals surface area contributed by atoms with Gasteiger partial charge in [-0.3, -0.25) is 0 Å². The molecule has 4 heteroatoms. The predicted molar refractivity (Wildman–Crippen MR) is 48.6 cm³/mol. The fourth-order valence-corrected chi connectivity index (χ4v) is 1.49. The van der Waals surface area contributed by atoms with Crippen LogP contribution in [-0.4, -0.2) is 12.1 Å². The second-order valence-corrected chi connectivity index (χ2v) is 3.21. The Morgan fingerprint density at radius 2 is 2.54 bits per heavy atom. The van der Waals surface area contributed by atoms with Gasteiger partial charge in [0.05, 0.1) is 17.9 Å². The summed E-state index contributed by atoms with van der Waals surface area (Å²) in [5, 5.41) is 11.7. The van der Waals surface area contributed by atoms with Crippen LogP contribution in [0.3, 0.4) is 0 Å². The molecule has 13 heavy (non-hydrogen) atoms. The number of hydrogen-bond donors (Lipinski definition) is 1. The van der Waals surface area contributed by atoms with Gasteiger partial charge in [-0.05, 0) is 12.2 Å². The number of allylic oxidation sites excluding steroid dienone is 1. The van der Waals surface area contributed by atoms with Crippen LogP contribution in [0.2, 0.25) is 0 Å². The van der Waals surface area contributed by atoms with Gasteiger partial charge in [-0.25, -0.2) is 0 Å². The SMILES string of the molecule is N#CC1=CC2=C(C=COC2)NC1Cl. The summed E-state index contributed by atoms with van der Waals surface area (Å²) in [6.07, 6.45) is 5.19. The molecule has 0 aromatic rings. The van der Waals surface area contributed by atoms with Gasteiger partial charge >= 0.3 is 0 Å². The fourth-order valence-electron chi connectivity index (χ4n) is 1.26. The molecule has 0 amide bonds. The van der Waals surface area contributed by atoms with Crippen LogP contribution in [0.4, 0.5) is 0 Å². The molecule has 2 heterocycles. The highest BCUT2D eigenvalue weighted by atomic mass is 35.5. The van der Waals surface area contributed by atoms with Gasteiger partial charge in [0.15, 0.2) is 0 Å². The first-order valence-corrected chi connectivity index (χ1v) is 4.28.